The van der Waals surface area contributed by atoms with E-state index in [0.29, 0.717) is 0 Å². The molecule has 4 heteroatoms. The molecule has 10 heavy (non-hydrogen) atoms. The summed E-state index contributed by atoms with van der Waals surface area (Å²) >= 11 is 0. The van der Waals surface area contributed by atoms with Crippen LogP contribution in [0.15, 0.2) is 11.8 Å². The van der Waals surface area contributed by atoms with E-state index in [1.165, 1.54) is 0 Å². The second kappa shape index (κ2) is 1.95. The molecule has 0 bridgehead atoms. The van der Waals surface area contributed by atoms with Gasteiger partial charge in [0.15, 0.2) is 11.4 Å². The van der Waals surface area contributed by atoms with Crippen molar-refractivity contribution in [3.05, 3.63) is 11.8 Å². The molecule has 0 aromatic rings. The molecule has 2 aliphatic rings. The van der Waals surface area contributed by atoms with Gasteiger partial charge in [-0.25, -0.2) is 0 Å². The number of rotatable bonds is 1. The molecule has 0 saturated carbocycles. The Kier molecular flexibility index (Phi) is 1.20. The van der Waals surface area contributed by atoms with Gasteiger partial charge < -0.3 is 9.94 Å². The smallest absolute Gasteiger partial charge is 0.175 e. The minimum atomic E-state index is -0.569. The third-order valence-electron chi connectivity index (χ3n) is 1.97. The molecule has 0 aromatic heterocycles. The second-order valence-corrected chi connectivity index (χ2v) is 2.55. The highest BCUT2D eigenvalue weighted by molar-refractivity contribution is 5.18. The van der Waals surface area contributed by atoms with E-state index in [0.717, 1.165) is 18.6 Å². The maximum absolute atomic E-state index is 8.94. The predicted molar refractivity (Wildman–Crippen MR) is 32.4 cm³/mol. The van der Waals surface area contributed by atoms with Crippen molar-refractivity contribution >= 4 is 0 Å². The zero-order valence-corrected chi connectivity index (χ0v) is 5.46. The Morgan fingerprint density at radius 2 is 2.70 bits per heavy atom. The fourth-order valence-electron chi connectivity index (χ4n) is 1.32. The third kappa shape index (κ3) is 0.608. The average molecular weight is 143 g/mol. The Morgan fingerprint density at radius 1 is 1.80 bits per heavy atom. The summed E-state index contributed by atoms with van der Waals surface area (Å²) in [5.41, 5.74) is 1.72. The number of nitrogens with one attached hydrogen (secondary N) is 1. The molecule has 0 amide bonds. The topological polar surface area (TPSA) is 50.7 Å². The highest BCUT2D eigenvalue weighted by atomic mass is 17.0. The molecule has 0 radical (unpaired) electrons. The van der Waals surface area contributed by atoms with E-state index < -0.39 is 5.60 Å². The van der Waals surface area contributed by atoms with Crippen LogP contribution in [0.4, 0.5) is 0 Å². The summed E-state index contributed by atoms with van der Waals surface area (Å²) < 4.78 is 0. The average Bonchev–Trinajstić information content (AvgIpc) is 2.42. The fraction of sp³-hybridized carbons (Fsp3) is 0.667. The summed E-state index contributed by atoms with van der Waals surface area (Å²) in [6, 6.07) is 0. The van der Waals surface area contributed by atoms with Gasteiger partial charge in [-0.3, -0.25) is 4.84 Å². The van der Waals surface area contributed by atoms with Crippen LogP contribution in [0, 0.1) is 0 Å². The summed E-state index contributed by atoms with van der Waals surface area (Å²) in [5.74, 6) is 0.718. The molecule has 4 nitrogen and oxygen atoms in total. The first kappa shape index (κ1) is 6.15. The minimum absolute atomic E-state index is 0.0220. The van der Waals surface area contributed by atoms with E-state index >= 15 is 0 Å². The van der Waals surface area contributed by atoms with Crippen molar-refractivity contribution in [1.82, 2.24) is 5.64 Å². The molecule has 0 aromatic carbocycles. The van der Waals surface area contributed by atoms with Crippen LogP contribution in [-0.4, -0.2) is 17.3 Å². The van der Waals surface area contributed by atoms with Gasteiger partial charge in [0.1, 0.15) is 0 Å². The van der Waals surface area contributed by atoms with Gasteiger partial charge in [-0.05, 0) is 24.6 Å². The first-order valence-corrected chi connectivity index (χ1v) is 3.29. The number of aliphatic hydroxyl groups is 1. The summed E-state index contributed by atoms with van der Waals surface area (Å²) in [6.45, 7) is -0.0220. The normalized spacial score (nSPS) is 37.1. The van der Waals surface area contributed by atoms with E-state index in [4.69, 9.17) is 14.8 Å². The van der Waals surface area contributed by atoms with E-state index in [9.17, 15) is 0 Å². The first-order chi connectivity index (χ1) is 4.87. The molecule has 1 fully saturated rings. The SMILES string of the molecule is OCC12CCC=C1ONO2. The standard InChI is InChI=1S/C6H9NO3/c8-4-6-3-1-2-5(6)9-7-10-6/h2,7-8H,1,3-4H2. The monoisotopic (exact) mass is 143 g/mol. The molecule has 2 N–H and O–H groups in total. The van der Waals surface area contributed by atoms with Gasteiger partial charge in [0.25, 0.3) is 0 Å². The zero-order chi connectivity index (χ0) is 7.03. The van der Waals surface area contributed by atoms with Crippen molar-refractivity contribution in [2.45, 2.75) is 18.4 Å². The number of fused-ring (bicyclic) bond motifs is 1. The van der Waals surface area contributed by atoms with Crippen LogP contribution in [0.2, 0.25) is 0 Å². The first-order valence-electron chi connectivity index (χ1n) is 3.29. The van der Waals surface area contributed by atoms with Gasteiger partial charge in [-0.15, -0.1) is 0 Å². The molecular weight excluding hydrogens is 134 g/mol. The summed E-state index contributed by atoms with van der Waals surface area (Å²) in [7, 11) is 0. The molecule has 1 heterocycles. The lowest BCUT2D eigenvalue weighted by Crippen LogP contribution is -2.32. The Balaban J connectivity index is 2.27. The Bertz CT molecular complexity index is 180. The van der Waals surface area contributed by atoms with E-state index in [1.807, 2.05) is 6.08 Å². The number of allylic oxidation sites excluding steroid dienone is 1. The highest BCUT2D eigenvalue weighted by Gasteiger charge is 2.45. The molecule has 0 spiro atoms. The molecule has 1 saturated heterocycles. The van der Waals surface area contributed by atoms with E-state index in [-0.39, 0.29) is 6.61 Å². The Hall–Kier alpha value is -0.580. The molecular formula is C6H9NO3. The van der Waals surface area contributed by atoms with Crippen LogP contribution >= 0.6 is 0 Å². The van der Waals surface area contributed by atoms with Gasteiger partial charge in [-0.2, -0.15) is 0 Å². The molecule has 56 valence electrons. The van der Waals surface area contributed by atoms with Gasteiger partial charge >= 0.3 is 0 Å². The zero-order valence-electron chi connectivity index (χ0n) is 5.46. The lowest BCUT2D eigenvalue weighted by Gasteiger charge is -2.16. The van der Waals surface area contributed by atoms with Crippen molar-refractivity contribution < 1.29 is 14.8 Å². The number of aliphatic hydroxyl groups excluding tert-OH is 1. The lowest BCUT2D eigenvalue weighted by atomic mass is 10.0. The van der Waals surface area contributed by atoms with Gasteiger partial charge in [-0.1, -0.05) is 0 Å². The molecule has 1 aliphatic carbocycles. The van der Waals surface area contributed by atoms with Crippen molar-refractivity contribution in [3.63, 3.8) is 0 Å². The fourth-order valence-corrected chi connectivity index (χ4v) is 1.32. The Morgan fingerprint density at radius 3 is 3.40 bits per heavy atom. The van der Waals surface area contributed by atoms with Crippen LogP contribution in [0.25, 0.3) is 0 Å². The quantitative estimate of drug-likeness (QED) is 0.536. The van der Waals surface area contributed by atoms with E-state index in [2.05, 4.69) is 5.64 Å². The Labute approximate surface area is 58.3 Å². The summed E-state index contributed by atoms with van der Waals surface area (Å²) in [6.07, 6.45) is 3.64. The number of hydrogen-bond donors (Lipinski definition) is 2. The molecule has 2 rings (SSSR count). The third-order valence-corrected chi connectivity index (χ3v) is 1.97. The maximum Gasteiger partial charge on any atom is 0.175 e. The van der Waals surface area contributed by atoms with Gasteiger partial charge in [0.05, 0.1) is 6.61 Å². The predicted octanol–water partition coefficient (Wildman–Crippen LogP) is -0.138. The maximum atomic E-state index is 8.94. The van der Waals surface area contributed by atoms with Crippen LogP contribution in [0.5, 0.6) is 0 Å². The van der Waals surface area contributed by atoms with Crippen molar-refractivity contribution in [2.24, 2.45) is 0 Å². The van der Waals surface area contributed by atoms with Crippen LogP contribution < -0.4 is 5.64 Å². The lowest BCUT2D eigenvalue weighted by molar-refractivity contribution is -0.128. The second-order valence-electron chi connectivity index (χ2n) is 2.55. The van der Waals surface area contributed by atoms with Crippen molar-refractivity contribution in [3.8, 4) is 0 Å². The molecule has 1 unspecified atom stereocenters. The van der Waals surface area contributed by atoms with Crippen LogP contribution in [0.1, 0.15) is 12.8 Å². The van der Waals surface area contributed by atoms with Crippen molar-refractivity contribution in [2.75, 3.05) is 6.61 Å². The highest BCUT2D eigenvalue weighted by Crippen LogP contribution is 2.36. The van der Waals surface area contributed by atoms with Crippen molar-refractivity contribution in [1.29, 1.82) is 0 Å². The number of hydrogen-bond acceptors (Lipinski definition) is 4. The summed E-state index contributed by atoms with van der Waals surface area (Å²) in [5, 5.41) is 8.94. The minimum Gasteiger partial charge on any atom is -0.393 e. The molecule has 1 atom stereocenters. The van der Waals surface area contributed by atoms with Gasteiger partial charge in [0.2, 0.25) is 0 Å². The van der Waals surface area contributed by atoms with Gasteiger partial charge in [0, 0.05) is 0 Å². The largest absolute Gasteiger partial charge is 0.393 e. The van der Waals surface area contributed by atoms with Crippen LogP contribution in [0.3, 0.4) is 0 Å². The summed E-state index contributed by atoms with van der Waals surface area (Å²) in [4.78, 5) is 9.92. The molecule has 1 aliphatic heterocycles. The van der Waals surface area contributed by atoms with Crippen LogP contribution in [-0.2, 0) is 9.68 Å². The van der Waals surface area contributed by atoms with E-state index in [1.54, 1.807) is 0 Å².